The van der Waals surface area contributed by atoms with Gasteiger partial charge in [-0.25, -0.2) is 0 Å². The Hall–Kier alpha value is -1.49. The van der Waals surface area contributed by atoms with Crippen molar-refractivity contribution in [3.05, 3.63) is 18.2 Å². The first-order valence-corrected chi connectivity index (χ1v) is 3.17. The van der Waals surface area contributed by atoms with Crippen LogP contribution in [0.15, 0.2) is 18.2 Å². The van der Waals surface area contributed by atoms with Crippen LogP contribution in [0.4, 0.5) is 5.69 Å². The van der Waals surface area contributed by atoms with Crippen LogP contribution >= 0.6 is 12.4 Å². The van der Waals surface area contributed by atoms with Crippen molar-refractivity contribution in [3.8, 4) is 0 Å². The number of aromatic nitrogens is 3. The van der Waals surface area contributed by atoms with E-state index in [1.54, 1.807) is 0 Å². The van der Waals surface area contributed by atoms with Crippen LogP contribution in [0.1, 0.15) is 0 Å². The number of halogens is 1. The largest absolute Gasteiger partial charge is 0.412 e. The number of nitrogens with one attached hydrogen (secondary N) is 2. The predicted octanol–water partition coefficient (Wildman–Crippen LogP) is -2.63. The first-order valence-electron chi connectivity index (χ1n) is 3.17. The zero-order valence-electron chi connectivity index (χ0n) is 8.11. The summed E-state index contributed by atoms with van der Waals surface area (Å²) in [7, 11) is 0. The van der Waals surface area contributed by atoms with Gasteiger partial charge in [-0.2, -0.15) is 15.4 Å². The quantitative estimate of drug-likeness (QED) is 0.370. The van der Waals surface area contributed by atoms with Crippen LogP contribution in [-0.2, 0) is 0 Å². The minimum absolute atomic E-state index is 0. The van der Waals surface area contributed by atoms with Crippen LogP contribution in [0.3, 0.4) is 0 Å². The summed E-state index contributed by atoms with van der Waals surface area (Å²) in [5.74, 6) is 5.20. The summed E-state index contributed by atoms with van der Waals surface area (Å²) in [5.41, 5.74) is 5.00. The summed E-state index contributed by atoms with van der Waals surface area (Å²) in [4.78, 5) is 0. The molecule has 12 N–H and O–H groups in total. The van der Waals surface area contributed by atoms with E-state index in [1.807, 2.05) is 18.2 Å². The molecule has 9 nitrogen and oxygen atoms in total. The molecule has 2 aromatic rings. The number of benzene rings is 1. The van der Waals surface area contributed by atoms with Crippen molar-refractivity contribution < 1.29 is 21.9 Å². The number of hydrogen-bond acceptors (Lipinski definition) is 4. The number of hydrogen-bond donors (Lipinski definition) is 3. The highest BCUT2D eigenvalue weighted by molar-refractivity contribution is 5.85. The molecular weight excluding hydrogens is 242 g/mol. The number of hydrazine groups is 1. The van der Waals surface area contributed by atoms with Gasteiger partial charge in [-0.1, -0.05) is 0 Å². The highest BCUT2D eigenvalue weighted by Gasteiger charge is 1.96. The molecule has 0 saturated heterocycles. The van der Waals surface area contributed by atoms with E-state index in [2.05, 4.69) is 20.8 Å². The minimum atomic E-state index is 0. The maximum absolute atomic E-state index is 5.20. The molecule has 0 bridgehead atoms. The highest BCUT2D eigenvalue weighted by atomic mass is 35.5. The molecule has 1 aromatic heterocycles. The van der Waals surface area contributed by atoms with Crippen molar-refractivity contribution >= 4 is 29.1 Å². The molecule has 0 spiro atoms. The van der Waals surface area contributed by atoms with Gasteiger partial charge < -0.3 is 27.3 Å². The van der Waals surface area contributed by atoms with Crippen LogP contribution < -0.4 is 11.3 Å². The number of H-pyrrole nitrogens is 1. The third kappa shape index (κ3) is 4.35. The van der Waals surface area contributed by atoms with E-state index in [9.17, 15) is 0 Å². The molecule has 0 aliphatic heterocycles. The standard InChI is InChI=1S/C6H7N5.ClH.4H2O/c7-8-4-1-2-5-6(3-4)10-11-9-5;;;;;/h1-3,8H,7H2,(H,9,10,11);1H;4*1H2. The van der Waals surface area contributed by atoms with Crippen molar-refractivity contribution in [1.29, 1.82) is 0 Å². The monoisotopic (exact) mass is 257 g/mol. The van der Waals surface area contributed by atoms with E-state index in [0.717, 1.165) is 16.7 Å². The Morgan fingerprint density at radius 3 is 2.12 bits per heavy atom. The normalized spacial score (nSPS) is 7.06. The molecule has 0 amide bonds. The fraction of sp³-hybridized carbons (Fsp3) is 0. The average molecular weight is 258 g/mol. The van der Waals surface area contributed by atoms with Crippen LogP contribution in [-0.4, -0.2) is 37.3 Å². The number of nitrogens with two attached hydrogens (primary N) is 1. The second-order valence-electron chi connectivity index (χ2n) is 2.17. The molecule has 0 atom stereocenters. The Kier molecular flexibility index (Phi) is 15.0. The first-order chi connectivity index (χ1) is 5.40. The molecule has 0 unspecified atom stereocenters. The lowest BCUT2D eigenvalue weighted by Gasteiger charge is -1.95. The number of nitrogens with zero attached hydrogens (tertiary/aromatic N) is 2. The number of anilines is 1. The summed E-state index contributed by atoms with van der Waals surface area (Å²) < 4.78 is 0. The Labute approximate surface area is 96.6 Å². The molecule has 0 aliphatic rings. The van der Waals surface area contributed by atoms with E-state index in [0.29, 0.717) is 0 Å². The average Bonchev–Trinajstić information content (AvgIpc) is 2.50. The fourth-order valence-electron chi connectivity index (χ4n) is 0.930. The van der Waals surface area contributed by atoms with Gasteiger partial charge >= 0.3 is 0 Å². The van der Waals surface area contributed by atoms with Crippen LogP contribution in [0.2, 0.25) is 0 Å². The molecule has 16 heavy (non-hydrogen) atoms. The molecule has 1 aromatic carbocycles. The number of nitrogen functional groups attached to an aromatic ring is 1. The zero-order chi connectivity index (χ0) is 7.68. The summed E-state index contributed by atoms with van der Waals surface area (Å²) in [6.45, 7) is 0. The van der Waals surface area contributed by atoms with E-state index in [4.69, 9.17) is 5.84 Å². The molecule has 96 valence electrons. The van der Waals surface area contributed by atoms with Gasteiger partial charge in [0.15, 0.2) is 0 Å². The molecule has 10 heteroatoms. The van der Waals surface area contributed by atoms with E-state index >= 15 is 0 Å². The van der Waals surface area contributed by atoms with E-state index < -0.39 is 0 Å². The maximum atomic E-state index is 5.20. The molecular formula is C6H16ClN5O4. The third-order valence-electron chi connectivity index (χ3n) is 1.48. The topological polar surface area (TPSA) is 206 Å². The molecule has 0 saturated carbocycles. The van der Waals surface area contributed by atoms with E-state index in [1.165, 1.54) is 0 Å². The van der Waals surface area contributed by atoms with Gasteiger partial charge in [0.2, 0.25) is 0 Å². The van der Waals surface area contributed by atoms with Crippen LogP contribution in [0.25, 0.3) is 11.0 Å². The van der Waals surface area contributed by atoms with E-state index in [-0.39, 0.29) is 34.3 Å². The van der Waals surface area contributed by atoms with Crippen molar-refractivity contribution in [2.45, 2.75) is 0 Å². The summed E-state index contributed by atoms with van der Waals surface area (Å²) >= 11 is 0. The summed E-state index contributed by atoms with van der Waals surface area (Å²) in [6, 6.07) is 5.50. The maximum Gasteiger partial charge on any atom is 0.115 e. The van der Waals surface area contributed by atoms with Gasteiger partial charge in [0.1, 0.15) is 11.0 Å². The Bertz CT molecular complexity index is 384. The highest BCUT2D eigenvalue weighted by Crippen LogP contribution is 2.12. The van der Waals surface area contributed by atoms with Gasteiger partial charge in [-0.15, -0.1) is 12.4 Å². The lowest BCUT2D eigenvalue weighted by Crippen LogP contribution is -2.05. The first kappa shape index (κ1) is 24.0. The lowest BCUT2D eigenvalue weighted by molar-refractivity contribution is 0.823. The van der Waals surface area contributed by atoms with Gasteiger partial charge in [0.05, 0.1) is 5.69 Å². The second-order valence-corrected chi connectivity index (χ2v) is 2.17. The number of aromatic amines is 1. The van der Waals surface area contributed by atoms with Crippen LogP contribution in [0.5, 0.6) is 0 Å². The number of fused-ring (bicyclic) bond motifs is 1. The van der Waals surface area contributed by atoms with Crippen molar-refractivity contribution in [2.75, 3.05) is 5.43 Å². The molecule has 0 aliphatic carbocycles. The molecule has 2 rings (SSSR count). The third-order valence-corrected chi connectivity index (χ3v) is 1.48. The fourth-order valence-corrected chi connectivity index (χ4v) is 0.930. The SMILES string of the molecule is Cl.NNc1ccc2n[nH]nc2c1.O.O.O.O. The molecule has 0 fully saturated rings. The smallest absolute Gasteiger partial charge is 0.115 e. The zero-order valence-corrected chi connectivity index (χ0v) is 8.93. The van der Waals surface area contributed by atoms with Crippen LogP contribution in [0, 0.1) is 0 Å². The van der Waals surface area contributed by atoms with Gasteiger partial charge in [0, 0.05) is 0 Å². The Morgan fingerprint density at radius 1 is 1.00 bits per heavy atom. The molecule has 0 radical (unpaired) electrons. The molecule has 1 heterocycles. The Morgan fingerprint density at radius 2 is 1.56 bits per heavy atom. The Balaban J connectivity index is -0.000000144. The summed E-state index contributed by atoms with van der Waals surface area (Å²) in [5, 5.41) is 10.3. The predicted molar refractivity (Wildman–Crippen MR) is 63.4 cm³/mol. The van der Waals surface area contributed by atoms with Crippen molar-refractivity contribution in [2.24, 2.45) is 5.84 Å². The van der Waals surface area contributed by atoms with Crippen molar-refractivity contribution in [3.63, 3.8) is 0 Å². The van der Waals surface area contributed by atoms with Gasteiger partial charge in [-0.05, 0) is 18.2 Å². The second kappa shape index (κ2) is 10.0. The summed E-state index contributed by atoms with van der Waals surface area (Å²) in [6.07, 6.45) is 0. The van der Waals surface area contributed by atoms with Crippen molar-refractivity contribution in [1.82, 2.24) is 15.4 Å². The lowest BCUT2D eigenvalue weighted by atomic mass is 10.3. The van der Waals surface area contributed by atoms with Gasteiger partial charge in [0.25, 0.3) is 0 Å². The minimum Gasteiger partial charge on any atom is -0.412 e. The van der Waals surface area contributed by atoms with Gasteiger partial charge in [-0.3, -0.25) is 5.84 Å². The number of rotatable bonds is 1.